The van der Waals surface area contributed by atoms with Crippen molar-refractivity contribution in [3.05, 3.63) is 21.4 Å². The van der Waals surface area contributed by atoms with Crippen LogP contribution in [-0.2, 0) is 11.3 Å². The Morgan fingerprint density at radius 2 is 2.41 bits per heavy atom. The molecule has 1 aliphatic heterocycles. The number of hydrogen-bond acceptors (Lipinski definition) is 4. The predicted molar refractivity (Wildman–Crippen MR) is 72.7 cm³/mol. The second kappa shape index (κ2) is 6.50. The van der Waals surface area contributed by atoms with Gasteiger partial charge in [0.25, 0.3) is 0 Å². The summed E-state index contributed by atoms with van der Waals surface area (Å²) < 4.78 is 5.43. The molecule has 1 aromatic heterocycles. The summed E-state index contributed by atoms with van der Waals surface area (Å²) >= 11 is 1.90. The Morgan fingerprint density at radius 3 is 3.06 bits per heavy atom. The topological polar surface area (TPSA) is 33.3 Å². The third-order valence-electron chi connectivity index (χ3n) is 3.18. The van der Waals surface area contributed by atoms with E-state index in [1.807, 2.05) is 11.3 Å². The van der Waals surface area contributed by atoms with E-state index in [-0.39, 0.29) is 0 Å². The molecule has 4 heteroatoms. The molecule has 2 heterocycles. The van der Waals surface area contributed by atoms with E-state index >= 15 is 0 Å². The van der Waals surface area contributed by atoms with Crippen LogP contribution in [0.4, 0.5) is 0 Å². The second-order valence-electron chi connectivity index (χ2n) is 4.64. The highest BCUT2D eigenvalue weighted by atomic mass is 32.1. The van der Waals surface area contributed by atoms with Gasteiger partial charge in [0.2, 0.25) is 0 Å². The summed E-state index contributed by atoms with van der Waals surface area (Å²) in [5.74, 6) is 0. The van der Waals surface area contributed by atoms with Gasteiger partial charge >= 0.3 is 0 Å². The molecule has 0 radical (unpaired) electrons. The van der Waals surface area contributed by atoms with Crippen LogP contribution in [0.3, 0.4) is 0 Å². The summed E-state index contributed by atoms with van der Waals surface area (Å²) in [6.07, 6.45) is 1.14. The van der Waals surface area contributed by atoms with Crippen molar-refractivity contribution in [2.24, 2.45) is 0 Å². The molecular weight excluding hydrogens is 232 g/mol. The van der Waals surface area contributed by atoms with Crippen LogP contribution in [0.25, 0.3) is 0 Å². The van der Waals surface area contributed by atoms with Crippen LogP contribution in [0, 0.1) is 13.8 Å². The Hall–Kier alpha value is -0.420. The van der Waals surface area contributed by atoms with Crippen molar-refractivity contribution in [1.82, 2.24) is 10.6 Å². The highest BCUT2D eigenvalue weighted by molar-refractivity contribution is 7.12. The van der Waals surface area contributed by atoms with Gasteiger partial charge in [-0.25, -0.2) is 0 Å². The van der Waals surface area contributed by atoms with Gasteiger partial charge < -0.3 is 15.4 Å². The van der Waals surface area contributed by atoms with Crippen molar-refractivity contribution < 1.29 is 4.74 Å². The van der Waals surface area contributed by atoms with Crippen LogP contribution in [0.2, 0.25) is 0 Å². The lowest BCUT2D eigenvalue weighted by atomic mass is 10.2. The third kappa shape index (κ3) is 4.07. The van der Waals surface area contributed by atoms with Gasteiger partial charge in [0.05, 0.1) is 13.2 Å². The number of hydrogen-bond donors (Lipinski definition) is 2. The van der Waals surface area contributed by atoms with E-state index in [9.17, 15) is 0 Å². The number of nitrogens with one attached hydrogen (secondary N) is 2. The molecule has 3 nitrogen and oxygen atoms in total. The summed E-state index contributed by atoms with van der Waals surface area (Å²) in [4.78, 5) is 2.87. The minimum absolute atomic E-state index is 0.531. The lowest BCUT2D eigenvalue weighted by Crippen LogP contribution is -2.42. The van der Waals surface area contributed by atoms with E-state index in [2.05, 4.69) is 30.5 Å². The fraction of sp³-hybridized carbons (Fsp3) is 0.692. The quantitative estimate of drug-likeness (QED) is 0.787. The molecule has 0 spiro atoms. The van der Waals surface area contributed by atoms with Crippen LogP contribution < -0.4 is 10.6 Å². The van der Waals surface area contributed by atoms with Gasteiger partial charge in [-0.15, -0.1) is 11.3 Å². The second-order valence-corrected chi connectivity index (χ2v) is 5.98. The van der Waals surface area contributed by atoms with Gasteiger partial charge in [-0.2, -0.15) is 0 Å². The Morgan fingerprint density at radius 1 is 1.53 bits per heavy atom. The number of thiophene rings is 1. The minimum atomic E-state index is 0.531. The zero-order chi connectivity index (χ0) is 12.1. The van der Waals surface area contributed by atoms with Gasteiger partial charge in [0, 0.05) is 28.9 Å². The monoisotopic (exact) mass is 254 g/mol. The highest BCUT2D eigenvalue weighted by Crippen LogP contribution is 2.20. The summed E-state index contributed by atoms with van der Waals surface area (Å²) in [5, 5.41) is 6.97. The fourth-order valence-electron chi connectivity index (χ4n) is 2.03. The zero-order valence-electron chi connectivity index (χ0n) is 10.7. The molecule has 1 atom stereocenters. The molecule has 17 heavy (non-hydrogen) atoms. The first-order valence-corrected chi connectivity index (χ1v) is 7.15. The first-order valence-electron chi connectivity index (χ1n) is 6.33. The van der Waals surface area contributed by atoms with Gasteiger partial charge in [-0.3, -0.25) is 0 Å². The smallest absolute Gasteiger partial charge is 0.0620 e. The van der Waals surface area contributed by atoms with Crippen molar-refractivity contribution >= 4 is 11.3 Å². The van der Waals surface area contributed by atoms with Gasteiger partial charge in [-0.1, -0.05) is 0 Å². The van der Waals surface area contributed by atoms with Crippen LogP contribution in [0.1, 0.15) is 21.7 Å². The molecule has 2 rings (SSSR count). The molecule has 1 aromatic rings. The Kier molecular flexibility index (Phi) is 4.98. The summed E-state index contributed by atoms with van der Waals surface area (Å²) in [6.45, 7) is 9.12. The highest BCUT2D eigenvalue weighted by Gasteiger charge is 2.11. The fourth-order valence-corrected chi connectivity index (χ4v) is 3.05. The normalized spacial score (nSPS) is 20.7. The van der Waals surface area contributed by atoms with E-state index in [1.54, 1.807) is 0 Å². The predicted octanol–water partition coefficient (Wildman–Crippen LogP) is 1.83. The van der Waals surface area contributed by atoms with E-state index in [4.69, 9.17) is 4.74 Å². The largest absolute Gasteiger partial charge is 0.379 e. The van der Waals surface area contributed by atoms with Crippen molar-refractivity contribution in [1.29, 1.82) is 0 Å². The van der Waals surface area contributed by atoms with Crippen molar-refractivity contribution in [3.63, 3.8) is 0 Å². The first kappa shape index (κ1) is 13.0. The van der Waals surface area contributed by atoms with Crippen LogP contribution in [0.15, 0.2) is 6.07 Å². The van der Waals surface area contributed by atoms with E-state index in [1.165, 1.54) is 15.3 Å². The molecule has 0 aliphatic carbocycles. The van der Waals surface area contributed by atoms with Gasteiger partial charge in [0.15, 0.2) is 0 Å². The van der Waals surface area contributed by atoms with Crippen LogP contribution >= 0.6 is 11.3 Å². The number of aryl methyl sites for hydroxylation is 2. The number of rotatable bonds is 5. The Labute approximate surface area is 108 Å². The maximum Gasteiger partial charge on any atom is 0.0620 e. The first-order chi connectivity index (χ1) is 8.25. The molecule has 0 saturated carbocycles. The molecule has 0 aromatic carbocycles. The number of morpholine rings is 1. The Balaban J connectivity index is 1.62. The van der Waals surface area contributed by atoms with Gasteiger partial charge in [0.1, 0.15) is 0 Å². The Bertz CT molecular complexity index is 326. The summed E-state index contributed by atoms with van der Waals surface area (Å²) in [7, 11) is 0. The summed E-state index contributed by atoms with van der Waals surface area (Å²) in [6, 6.07) is 2.82. The molecule has 1 aliphatic rings. The molecule has 1 saturated heterocycles. The summed E-state index contributed by atoms with van der Waals surface area (Å²) in [5.41, 5.74) is 1.41. The van der Waals surface area contributed by atoms with Crippen LogP contribution in [0.5, 0.6) is 0 Å². The van der Waals surface area contributed by atoms with Crippen molar-refractivity contribution in [3.8, 4) is 0 Å². The maximum absolute atomic E-state index is 5.43. The van der Waals surface area contributed by atoms with Gasteiger partial charge in [-0.05, 0) is 38.4 Å². The van der Waals surface area contributed by atoms with E-state index in [0.717, 1.165) is 39.3 Å². The molecule has 1 fully saturated rings. The molecular formula is C13H22N2OS. The lowest BCUT2D eigenvalue weighted by molar-refractivity contribution is 0.0742. The third-order valence-corrected chi connectivity index (χ3v) is 4.34. The van der Waals surface area contributed by atoms with Crippen molar-refractivity contribution in [2.75, 3.05) is 26.3 Å². The molecule has 96 valence electrons. The molecule has 1 unspecified atom stereocenters. The van der Waals surface area contributed by atoms with Crippen molar-refractivity contribution in [2.45, 2.75) is 32.9 Å². The molecule has 2 N–H and O–H groups in total. The van der Waals surface area contributed by atoms with E-state index < -0.39 is 0 Å². The molecule has 0 bridgehead atoms. The number of ether oxygens (including phenoxy) is 1. The zero-order valence-corrected chi connectivity index (χ0v) is 11.5. The SMILES string of the molecule is Cc1cc(CNCCC2COCCN2)sc1C. The minimum Gasteiger partial charge on any atom is -0.379 e. The standard InChI is InChI=1S/C13H22N2OS/c1-10-7-13(17-11(10)2)8-14-4-3-12-9-16-6-5-15-12/h7,12,14-15H,3-6,8-9H2,1-2H3. The maximum atomic E-state index is 5.43. The average molecular weight is 254 g/mol. The van der Waals surface area contributed by atoms with E-state index in [0.29, 0.717) is 6.04 Å². The lowest BCUT2D eigenvalue weighted by Gasteiger charge is -2.23. The molecule has 0 amide bonds. The van der Waals surface area contributed by atoms with Crippen LogP contribution in [-0.4, -0.2) is 32.3 Å². The average Bonchev–Trinajstić information content (AvgIpc) is 2.66.